The second kappa shape index (κ2) is 54.7. The first-order chi connectivity index (χ1) is 36.0. The highest BCUT2D eigenvalue weighted by molar-refractivity contribution is 7.47. The van der Waals surface area contributed by atoms with Gasteiger partial charge < -0.3 is 18.9 Å². The average Bonchev–Trinajstić information content (AvgIpc) is 3.36. The summed E-state index contributed by atoms with van der Waals surface area (Å²) < 4.78 is 34.6. The Hall–Kier alpha value is -3.07. The number of carbonyl (C=O) groups is 2. The van der Waals surface area contributed by atoms with Crippen LogP contribution >= 0.6 is 7.82 Å². The Kier molecular flexibility index (Phi) is 52.4. The first kappa shape index (κ1) is 70.9. The molecule has 0 spiro atoms. The number of rotatable bonds is 54. The highest BCUT2D eigenvalue weighted by Gasteiger charge is 2.27. The Bertz CT molecular complexity index is 1570. The number of allylic oxidation sites excluding steroid dienone is 16. The van der Waals surface area contributed by atoms with Crippen molar-refractivity contribution >= 4 is 19.8 Å². The van der Waals surface area contributed by atoms with Gasteiger partial charge in [0.1, 0.15) is 19.8 Å². The lowest BCUT2D eigenvalue weighted by atomic mass is 10.0. The first-order valence-corrected chi connectivity index (χ1v) is 31.5. The number of phosphoric acid groups is 1. The van der Waals surface area contributed by atoms with Gasteiger partial charge >= 0.3 is 19.8 Å². The molecule has 0 fully saturated rings. The zero-order valence-corrected chi connectivity index (χ0v) is 49.2. The summed E-state index contributed by atoms with van der Waals surface area (Å²) >= 11 is 0. The minimum absolute atomic E-state index is 0.0251. The molecule has 426 valence electrons. The maximum atomic E-state index is 12.8. The van der Waals surface area contributed by atoms with Crippen LogP contribution in [0.1, 0.15) is 245 Å². The van der Waals surface area contributed by atoms with Gasteiger partial charge in [0.05, 0.1) is 27.7 Å². The third-order valence-electron chi connectivity index (χ3n) is 12.6. The van der Waals surface area contributed by atoms with E-state index < -0.39 is 26.5 Å². The van der Waals surface area contributed by atoms with E-state index in [0.29, 0.717) is 17.4 Å². The molecule has 0 aromatic heterocycles. The number of carbonyl (C=O) groups excluding carboxylic acids is 2. The number of esters is 2. The summed E-state index contributed by atoms with van der Waals surface area (Å²) in [6, 6.07) is 0. The third kappa shape index (κ3) is 58.2. The maximum Gasteiger partial charge on any atom is 0.472 e. The van der Waals surface area contributed by atoms with Gasteiger partial charge in [-0.15, -0.1) is 0 Å². The number of quaternary nitrogens is 1. The summed E-state index contributed by atoms with van der Waals surface area (Å²) in [5, 5.41) is 0. The smallest absolute Gasteiger partial charge is 0.462 e. The van der Waals surface area contributed by atoms with Crippen LogP contribution in [0.4, 0.5) is 0 Å². The van der Waals surface area contributed by atoms with Crippen molar-refractivity contribution in [1.29, 1.82) is 0 Å². The van der Waals surface area contributed by atoms with Crippen molar-refractivity contribution in [3.8, 4) is 0 Å². The number of hydrogen-bond donors (Lipinski definition) is 1. The molecule has 0 radical (unpaired) electrons. The van der Waals surface area contributed by atoms with Crippen molar-refractivity contribution in [2.75, 3.05) is 47.5 Å². The number of likely N-dealkylation sites (N-methyl/N-ethyl adjacent to an activating group) is 1. The van der Waals surface area contributed by atoms with Crippen molar-refractivity contribution in [3.63, 3.8) is 0 Å². The van der Waals surface area contributed by atoms with Gasteiger partial charge in [0.2, 0.25) is 0 Å². The highest BCUT2D eigenvalue weighted by Crippen LogP contribution is 2.43. The predicted octanol–water partition coefficient (Wildman–Crippen LogP) is 18.8. The molecule has 0 amide bonds. The zero-order chi connectivity index (χ0) is 54.2. The molecule has 0 rings (SSSR count). The molecule has 9 nitrogen and oxygen atoms in total. The van der Waals surface area contributed by atoms with E-state index in [1.54, 1.807) is 0 Å². The molecule has 2 atom stereocenters. The van der Waals surface area contributed by atoms with E-state index in [9.17, 15) is 19.0 Å². The minimum Gasteiger partial charge on any atom is -0.462 e. The van der Waals surface area contributed by atoms with Gasteiger partial charge in [0, 0.05) is 12.8 Å². The molecule has 74 heavy (non-hydrogen) atoms. The van der Waals surface area contributed by atoms with Crippen LogP contribution in [0.2, 0.25) is 0 Å². The topological polar surface area (TPSA) is 108 Å². The second-order valence-electron chi connectivity index (χ2n) is 21.0. The van der Waals surface area contributed by atoms with E-state index >= 15 is 0 Å². The second-order valence-corrected chi connectivity index (χ2v) is 22.5. The molecule has 0 aromatic carbocycles. The van der Waals surface area contributed by atoms with Crippen LogP contribution in [0.25, 0.3) is 0 Å². The van der Waals surface area contributed by atoms with Crippen molar-refractivity contribution in [2.45, 2.75) is 251 Å². The third-order valence-corrected chi connectivity index (χ3v) is 13.6. The average molecular weight is 1060 g/mol. The monoisotopic (exact) mass is 1050 g/mol. The summed E-state index contributed by atoms with van der Waals surface area (Å²) in [6.45, 7) is 4.30. The molecule has 2 unspecified atom stereocenters. The van der Waals surface area contributed by atoms with E-state index in [-0.39, 0.29) is 32.0 Å². The fourth-order valence-electron chi connectivity index (χ4n) is 7.99. The van der Waals surface area contributed by atoms with Gasteiger partial charge in [-0.2, -0.15) is 0 Å². The Balaban J connectivity index is 4.20. The standard InChI is InChI=1S/C64H112NO8P/c1-6-8-10-12-14-16-18-20-22-24-26-28-30-31-32-33-35-37-39-41-43-45-47-49-51-53-55-57-64(67)73-62(61-72-74(68,69)71-59-58-65(3,4)5)60-70-63(66)56-54-52-50-48-46-44-42-40-38-36-34-29-27-25-23-21-19-17-15-13-11-9-7-2/h8,10,14,16,19-22,25-28,31-32,35,37,62H,6-7,9,11-13,15,17-18,23-24,29-30,33-34,36,38-61H2,1-5H3/p+1/b10-8-,16-14-,21-19-,22-20-,27-25-,28-26-,32-31-,37-35-. The highest BCUT2D eigenvalue weighted by atomic mass is 31.2. The summed E-state index contributed by atoms with van der Waals surface area (Å²) in [4.78, 5) is 35.7. The molecule has 0 saturated heterocycles. The van der Waals surface area contributed by atoms with E-state index in [0.717, 1.165) is 89.9 Å². The molecule has 1 N–H and O–H groups in total. The van der Waals surface area contributed by atoms with Crippen LogP contribution in [0.15, 0.2) is 97.2 Å². The fourth-order valence-corrected chi connectivity index (χ4v) is 8.73. The van der Waals surface area contributed by atoms with Crippen LogP contribution in [-0.2, 0) is 32.7 Å². The quantitative estimate of drug-likeness (QED) is 0.0211. The van der Waals surface area contributed by atoms with Gasteiger partial charge in [0.25, 0.3) is 0 Å². The van der Waals surface area contributed by atoms with Gasteiger partial charge in [0.15, 0.2) is 6.10 Å². The van der Waals surface area contributed by atoms with Crippen LogP contribution in [0, 0.1) is 0 Å². The first-order valence-electron chi connectivity index (χ1n) is 30.0. The lowest BCUT2D eigenvalue weighted by Crippen LogP contribution is -2.37. The fraction of sp³-hybridized carbons (Fsp3) is 0.719. The Morgan fingerprint density at radius 2 is 0.770 bits per heavy atom. The molecule has 10 heteroatoms. The maximum absolute atomic E-state index is 12.8. The van der Waals surface area contributed by atoms with Crippen molar-refractivity contribution in [1.82, 2.24) is 0 Å². The number of unbranched alkanes of at least 4 members (excludes halogenated alkanes) is 24. The van der Waals surface area contributed by atoms with Crippen LogP contribution < -0.4 is 0 Å². The number of nitrogens with zero attached hydrogens (tertiary/aromatic N) is 1. The number of phosphoric ester groups is 1. The van der Waals surface area contributed by atoms with Gasteiger partial charge in [-0.1, -0.05) is 233 Å². The van der Waals surface area contributed by atoms with Crippen LogP contribution in [0.3, 0.4) is 0 Å². The largest absolute Gasteiger partial charge is 0.472 e. The van der Waals surface area contributed by atoms with E-state index in [1.807, 2.05) is 21.1 Å². The van der Waals surface area contributed by atoms with Gasteiger partial charge in [-0.3, -0.25) is 18.6 Å². The van der Waals surface area contributed by atoms with Crippen LogP contribution in [0.5, 0.6) is 0 Å². The molecule has 0 aromatic rings. The molecule has 0 bridgehead atoms. The molecule has 0 heterocycles. The Morgan fingerprint density at radius 3 is 1.15 bits per heavy atom. The lowest BCUT2D eigenvalue weighted by molar-refractivity contribution is -0.870. The summed E-state index contributed by atoms with van der Waals surface area (Å²) in [5.74, 6) is -0.810. The number of ether oxygens (including phenoxy) is 2. The van der Waals surface area contributed by atoms with Gasteiger partial charge in [-0.05, 0) is 96.3 Å². The van der Waals surface area contributed by atoms with E-state index in [2.05, 4.69) is 111 Å². The SMILES string of the molecule is CC/C=C\C/C=C\C/C=C\C/C=C\C/C=C\C/C=C\CCCCCCCCCCC(=O)OC(COC(=O)CCCCCCCCCCCCC/C=C\C/C=C\CCCCCCC)COP(=O)(O)OCC[N+](C)(C)C. The van der Waals surface area contributed by atoms with Crippen molar-refractivity contribution in [3.05, 3.63) is 97.2 Å². The summed E-state index contributed by atoms with van der Waals surface area (Å²) in [5.41, 5.74) is 0. The van der Waals surface area contributed by atoms with E-state index in [4.69, 9.17) is 18.5 Å². The van der Waals surface area contributed by atoms with Crippen LogP contribution in [-0.4, -0.2) is 74.9 Å². The predicted molar refractivity (Wildman–Crippen MR) is 316 cm³/mol. The molecule has 0 aliphatic rings. The molecule has 0 saturated carbocycles. The lowest BCUT2D eigenvalue weighted by Gasteiger charge is -2.24. The Labute approximate surface area is 455 Å². The van der Waals surface area contributed by atoms with Gasteiger partial charge in [-0.25, -0.2) is 4.57 Å². The van der Waals surface area contributed by atoms with Crippen molar-refractivity contribution in [2.24, 2.45) is 0 Å². The minimum atomic E-state index is -4.40. The molecule has 0 aliphatic carbocycles. The normalized spacial score (nSPS) is 14.0. The summed E-state index contributed by atoms with van der Waals surface area (Å²) in [7, 11) is 1.46. The molecular formula is C64H113NO8P+. The Morgan fingerprint density at radius 1 is 0.432 bits per heavy atom. The van der Waals surface area contributed by atoms with E-state index in [1.165, 1.54) is 122 Å². The molecular weight excluding hydrogens is 942 g/mol. The molecule has 0 aliphatic heterocycles. The number of hydrogen-bond acceptors (Lipinski definition) is 7. The van der Waals surface area contributed by atoms with Crippen molar-refractivity contribution < 1.29 is 42.1 Å². The zero-order valence-electron chi connectivity index (χ0n) is 48.3. The summed E-state index contributed by atoms with van der Waals surface area (Å²) in [6.07, 6.45) is 74.7.